The number of aliphatic imine (C=N–C) groups is 1. The molecule has 0 fully saturated rings. The number of halogens is 1. The van der Waals surface area contributed by atoms with Crippen molar-refractivity contribution in [2.24, 2.45) is 4.99 Å². The normalized spacial score (nSPS) is 12.0. The molecule has 0 aromatic heterocycles. The second kappa shape index (κ2) is 15.8. The molecule has 0 aromatic rings. The van der Waals surface area contributed by atoms with Gasteiger partial charge in [0, 0.05) is 52.0 Å². The molecule has 0 unspecified atom stereocenters. The third-order valence-corrected chi connectivity index (χ3v) is 3.42. The molecule has 6 heteroatoms. The van der Waals surface area contributed by atoms with Crippen LogP contribution in [0.2, 0.25) is 0 Å². The summed E-state index contributed by atoms with van der Waals surface area (Å²) in [4.78, 5) is 6.73. The number of hydrogen-bond donors (Lipinski definition) is 2. The lowest BCUT2D eigenvalue weighted by molar-refractivity contribution is 0.143. The van der Waals surface area contributed by atoms with Crippen molar-refractivity contribution in [2.75, 3.05) is 39.9 Å². The highest BCUT2D eigenvalue weighted by atomic mass is 127. The SMILES string of the molecule is CCOCCCCNC(=NC)NCCN(C(C)C)C(C)C.I. The molecule has 5 nitrogen and oxygen atoms in total. The fraction of sp³-hybridized carbons (Fsp3) is 0.938. The van der Waals surface area contributed by atoms with Crippen molar-refractivity contribution in [1.29, 1.82) is 0 Å². The summed E-state index contributed by atoms with van der Waals surface area (Å²) in [6, 6.07) is 1.14. The molecule has 0 saturated carbocycles. The van der Waals surface area contributed by atoms with Crippen molar-refractivity contribution in [3.63, 3.8) is 0 Å². The van der Waals surface area contributed by atoms with E-state index in [9.17, 15) is 0 Å². The second-order valence-corrected chi connectivity index (χ2v) is 5.76. The second-order valence-electron chi connectivity index (χ2n) is 5.76. The van der Waals surface area contributed by atoms with Gasteiger partial charge in [-0.1, -0.05) is 0 Å². The first-order chi connectivity index (χ1) is 10.0. The Morgan fingerprint density at radius 3 is 2.14 bits per heavy atom. The number of nitrogens with one attached hydrogen (secondary N) is 2. The lowest BCUT2D eigenvalue weighted by Crippen LogP contribution is -2.45. The summed E-state index contributed by atoms with van der Waals surface area (Å²) in [5.41, 5.74) is 0. The third kappa shape index (κ3) is 12.5. The van der Waals surface area contributed by atoms with Crippen LogP contribution in [0.15, 0.2) is 4.99 Å². The summed E-state index contributed by atoms with van der Waals surface area (Å²) in [7, 11) is 1.82. The average molecular weight is 428 g/mol. The molecule has 0 saturated heterocycles. The standard InChI is InChI=1S/C16H36N4O.HI/c1-7-21-13-9-8-10-18-16(17-6)19-11-12-20(14(2)3)15(4)5;/h14-15H,7-13H2,1-6H3,(H2,17,18,19);1H. The monoisotopic (exact) mass is 428 g/mol. The number of hydrogen-bond acceptors (Lipinski definition) is 3. The maximum atomic E-state index is 5.32. The van der Waals surface area contributed by atoms with Gasteiger partial charge < -0.3 is 15.4 Å². The van der Waals surface area contributed by atoms with Gasteiger partial charge in [-0.3, -0.25) is 9.89 Å². The summed E-state index contributed by atoms with van der Waals surface area (Å²) >= 11 is 0. The van der Waals surface area contributed by atoms with Gasteiger partial charge in [0.25, 0.3) is 0 Å². The van der Waals surface area contributed by atoms with Crippen molar-refractivity contribution in [3.05, 3.63) is 0 Å². The summed E-state index contributed by atoms with van der Waals surface area (Å²) < 4.78 is 5.32. The van der Waals surface area contributed by atoms with E-state index < -0.39 is 0 Å². The van der Waals surface area contributed by atoms with E-state index >= 15 is 0 Å². The lowest BCUT2D eigenvalue weighted by Gasteiger charge is -2.30. The number of rotatable bonds is 11. The van der Waals surface area contributed by atoms with Crippen molar-refractivity contribution in [1.82, 2.24) is 15.5 Å². The first-order valence-corrected chi connectivity index (χ1v) is 8.30. The molecule has 0 heterocycles. The zero-order valence-electron chi connectivity index (χ0n) is 15.3. The van der Waals surface area contributed by atoms with Crippen LogP contribution in [0.3, 0.4) is 0 Å². The first kappa shape index (κ1) is 24.2. The third-order valence-electron chi connectivity index (χ3n) is 3.42. The maximum absolute atomic E-state index is 5.32. The van der Waals surface area contributed by atoms with E-state index in [4.69, 9.17) is 4.74 Å². The van der Waals surface area contributed by atoms with Gasteiger partial charge in [-0.05, 0) is 47.5 Å². The van der Waals surface area contributed by atoms with E-state index in [0.29, 0.717) is 12.1 Å². The quantitative estimate of drug-likeness (QED) is 0.230. The van der Waals surface area contributed by atoms with Gasteiger partial charge in [-0.15, -0.1) is 24.0 Å². The van der Waals surface area contributed by atoms with Crippen molar-refractivity contribution in [2.45, 2.75) is 59.5 Å². The van der Waals surface area contributed by atoms with Crippen LogP contribution in [-0.2, 0) is 4.74 Å². The molecule has 134 valence electrons. The summed E-state index contributed by atoms with van der Waals surface area (Å²) in [5, 5.41) is 6.72. The van der Waals surface area contributed by atoms with Crippen LogP contribution in [0.25, 0.3) is 0 Å². The smallest absolute Gasteiger partial charge is 0.191 e. The Morgan fingerprint density at radius 1 is 1.05 bits per heavy atom. The Balaban J connectivity index is 0. The van der Waals surface area contributed by atoms with E-state index in [2.05, 4.69) is 48.2 Å². The molecule has 0 rings (SSSR count). The minimum atomic E-state index is 0. The molecule has 0 bridgehead atoms. The Labute approximate surface area is 154 Å². The van der Waals surface area contributed by atoms with Gasteiger partial charge in [0.15, 0.2) is 5.96 Å². The number of guanidine groups is 1. The van der Waals surface area contributed by atoms with Gasteiger partial charge in [-0.2, -0.15) is 0 Å². The molecule has 0 aromatic carbocycles. The van der Waals surface area contributed by atoms with Gasteiger partial charge in [0.2, 0.25) is 0 Å². The minimum absolute atomic E-state index is 0. The zero-order valence-corrected chi connectivity index (χ0v) is 17.6. The van der Waals surface area contributed by atoms with E-state index in [1.54, 1.807) is 0 Å². The fourth-order valence-corrected chi connectivity index (χ4v) is 2.32. The molecular weight excluding hydrogens is 391 g/mol. The van der Waals surface area contributed by atoms with Crippen LogP contribution >= 0.6 is 24.0 Å². The Hall–Kier alpha value is -0.0800. The molecule has 0 radical (unpaired) electrons. The Kier molecular flexibility index (Phi) is 17.4. The zero-order chi connectivity index (χ0) is 16.1. The number of nitrogens with zero attached hydrogens (tertiary/aromatic N) is 2. The molecule has 0 spiro atoms. The molecule has 0 amide bonds. The first-order valence-electron chi connectivity index (χ1n) is 8.30. The lowest BCUT2D eigenvalue weighted by atomic mass is 10.2. The highest BCUT2D eigenvalue weighted by Gasteiger charge is 2.12. The predicted molar refractivity (Wildman–Crippen MR) is 107 cm³/mol. The predicted octanol–water partition coefficient (Wildman–Crippen LogP) is 2.70. The fourth-order valence-electron chi connectivity index (χ4n) is 2.32. The summed E-state index contributed by atoms with van der Waals surface area (Å²) in [6.07, 6.45) is 2.19. The van der Waals surface area contributed by atoms with E-state index in [0.717, 1.165) is 51.6 Å². The molecular formula is C16H37IN4O. The molecule has 0 atom stereocenters. The van der Waals surface area contributed by atoms with Crippen LogP contribution < -0.4 is 10.6 Å². The molecule has 0 aliphatic carbocycles. The van der Waals surface area contributed by atoms with Gasteiger partial charge in [0.1, 0.15) is 0 Å². The van der Waals surface area contributed by atoms with Crippen LogP contribution in [0.4, 0.5) is 0 Å². The van der Waals surface area contributed by atoms with E-state index in [1.165, 1.54) is 0 Å². The van der Waals surface area contributed by atoms with E-state index in [-0.39, 0.29) is 24.0 Å². The van der Waals surface area contributed by atoms with Crippen molar-refractivity contribution < 1.29 is 4.74 Å². The minimum Gasteiger partial charge on any atom is -0.382 e. The number of ether oxygens (including phenoxy) is 1. The van der Waals surface area contributed by atoms with Gasteiger partial charge in [0.05, 0.1) is 0 Å². The Bertz CT molecular complexity index is 265. The maximum Gasteiger partial charge on any atom is 0.191 e. The van der Waals surface area contributed by atoms with Crippen LogP contribution in [-0.4, -0.2) is 62.8 Å². The highest BCUT2D eigenvalue weighted by molar-refractivity contribution is 14.0. The van der Waals surface area contributed by atoms with Gasteiger partial charge in [-0.25, -0.2) is 0 Å². The molecule has 2 N–H and O–H groups in total. The summed E-state index contributed by atoms with van der Waals surface area (Å²) in [5.74, 6) is 0.888. The molecule has 22 heavy (non-hydrogen) atoms. The largest absolute Gasteiger partial charge is 0.382 e. The van der Waals surface area contributed by atoms with Crippen LogP contribution in [0.5, 0.6) is 0 Å². The van der Waals surface area contributed by atoms with Crippen molar-refractivity contribution >= 4 is 29.9 Å². The summed E-state index contributed by atoms with van der Waals surface area (Å²) in [6.45, 7) is 15.5. The highest BCUT2D eigenvalue weighted by Crippen LogP contribution is 2.03. The van der Waals surface area contributed by atoms with Crippen LogP contribution in [0, 0.1) is 0 Å². The topological polar surface area (TPSA) is 48.9 Å². The average Bonchev–Trinajstić information content (AvgIpc) is 2.43. The Morgan fingerprint density at radius 2 is 1.64 bits per heavy atom. The van der Waals surface area contributed by atoms with Crippen LogP contribution in [0.1, 0.15) is 47.5 Å². The van der Waals surface area contributed by atoms with Crippen molar-refractivity contribution in [3.8, 4) is 0 Å². The molecule has 0 aliphatic heterocycles. The van der Waals surface area contributed by atoms with Gasteiger partial charge >= 0.3 is 0 Å². The molecule has 0 aliphatic rings. The number of unbranched alkanes of at least 4 members (excludes halogenated alkanes) is 1. The van der Waals surface area contributed by atoms with E-state index in [1.807, 2.05) is 14.0 Å².